The highest BCUT2D eigenvalue weighted by atomic mass is 32.2. The van der Waals surface area contributed by atoms with Crippen molar-refractivity contribution >= 4 is 21.7 Å². The number of ether oxygens (including phenoxy) is 2. The zero-order chi connectivity index (χ0) is 38.3. The van der Waals surface area contributed by atoms with Crippen molar-refractivity contribution in [1.82, 2.24) is 4.90 Å². The lowest BCUT2D eigenvalue weighted by Gasteiger charge is -2.38. The molecule has 2 aliphatic rings. The Balaban J connectivity index is 1.57. The van der Waals surface area contributed by atoms with Crippen molar-refractivity contribution in [3.05, 3.63) is 95.1 Å². The van der Waals surface area contributed by atoms with E-state index in [0.29, 0.717) is 12.1 Å². The zero-order valence-corrected chi connectivity index (χ0v) is 28.3. The van der Waals surface area contributed by atoms with Gasteiger partial charge in [0, 0.05) is 24.6 Å². The summed E-state index contributed by atoms with van der Waals surface area (Å²) in [5.74, 6) is -5.07. The second-order valence-corrected chi connectivity index (χ2v) is 15.1. The summed E-state index contributed by atoms with van der Waals surface area (Å²) in [7, 11) is -3.58. The first-order valence-electron chi connectivity index (χ1n) is 16.0. The largest absolute Gasteiger partial charge is 0.496 e. The maximum atomic E-state index is 14.7. The van der Waals surface area contributed by atoms with E-state index in [4.69, 9.17) is 4.74 Å². The molecule has 52 heavy (non-hydrogen) atoms. The Morgan fingerprint density at radius 2 is 1.44 bits per heavy atom. The Bertz CT molecular complexity index is 1880. The molecule has 17 heteroatoms. The van der Waals surface area contributed by atoms with E-state index >= 15 is 0 Å². The van der Waals surface area contributed by atoms with Crippen LogP contribution in [0.5, 0.6) is 5.75 Å². The van der Waals surface area contributed by atoms with Gasteiger partial charge in [0.15, 0.2) is 9.84 Å². The van der Waals surface area contributed by atoms with E-state index in [-0.39, 0.29) is 50.0 Å². The summed E-state index contributed by atoms with van der Waals surface area (Å²) >= 11 is 0. The maximum Gasteiger partial charge on any atom is 0.430 e. The smallest absolute Gasteiger partial charge is 0.430 e. The summed E-state index contributed by atoms with van der Waals surface area (Å²) in [6, 6.07) is 9.12. The third kappa shape index (κ3) is 6.84. The summed E-state index contributed by atoms with van der Waals surface area (Å²) in [5, 5.41) is 9.32. The average Bonchev–Trinajstić information content (AvgIpc) is 3.55. The number of carbonyl (C=O) groups is 2. The molecule has 1 heterocycles. The van der Waals surface area contributed by atoms with Crippen molar-refractivity contribution in [2.24, 2.45) is 11.8 Å². The number of carboxylic acids is 1. The van der Waals surface area contributed by atoms with Gasteiger partial charge in [-0.05, 0) is 74.1 Å². The molecule has 1 aliphatic heterocycles. The highest BCUT2D eigenvalue weighted by molar-refractivity contribution is 7.92. The molecule has 1 atom stereocenters. The number of aliphatic carboxylic acids is 1. The zero-order valence-electron chi connectivity index (χ0n) is 27.4. The van der Waals surface area contributed by atoms with Crippen LogP contribution < -0.4 is 4.74 Å². The van der Waals surface area contributed by atoms with Crippen LogP contribution in [0.2, 0.25) is 0 Å². The molecule has 1 saturated heterocycles. The maximum absolute atomic E-state index is 14.7. The molecule has 1 N–H and O–H groups in total. The van der Waals surface area contributed by atoms with Crippen LogP contribution in [0.25, 0.3) is 0 Å². The van der Waals surface area contributed by atoms with Gasteiger partial charge in [0.2, 0.25) is 5.91 Å². The van der Waals surface area contributed by atoms with Gasteiger partial charge in [-0.1, -0.05) is 30.3 Å². The Labute approximate surface area is 293 Å². The molecular formula is C35H33F8NO7S. The van der Waals surface area contributed by atoms with Crippen LogP contribution in [0.15, 0.2) is 71.6 Å². The molecule has 282 valence electrons. The highest BCUT2D eigenvalue weighted by Gasteiger charge is 2.73. The van der Waals surface area contributed by atoms with Gasteiger partial charge in [-0.2, -0.15) is 26.3 Å². The lowest BCUT2D eigenvalue weighted by molar-refractivity contribution is -0.392. The quantitative estimate of drug-likeness (QED) is 0.171. The number of rotatable bonds is 10. The van der Waals surface area contributed by atoms with Crippen LogP contribution in [0, 0.1) is 23.5 Å². The first-order chi connectivity index (χ1) is 24.3. The Morgan fingerprint density at radius 1 is 0.865 bits per heavy atom. The third-order valence-electron chi connectivity index (χ3n) is 9.95. The molecule has 0 radical (unpaired) electrons. The standard InChI is InChI=1S/C35H33F8NO7S/c1-50-29-4-2-3-28(37)27(29)19-51-33(34(38,39)40,35(41,42)43)24-11-9-23(10-12-24)32(52(48,49)26-15-13-25(36)14-16-26)17-18-44(20-32)30(45)21-5-7-22(8-6-21)31(46)47/h2-4,9-16,21-22H,5-8,17-20H2,1H3,(H,46,47)/t21?,22?,32-/m0/s1. The van der Waals surface area contributed by atoms with Crippen LogP contribution >= 0.6 is 0 Å². The number of nitrogens with zero attached hydrogens (tertiary/aromatic N) is 1. The summed E-state index contributed by atoms with van der Waals surface area (Å²) in [6.45, 7) is -2.23. The van der Waals surface area contributed by atoms with Crippen molar-refractivity contribution in [3.8, 4) is 5.75 Å². The summed E-state index contributed by atoms with van der Waals surface area (Å²) in [4.78, 5) is 25.8. The number of hydrogen-bond acceptors (Lipinski definition) is 6. The first-order valence-corrected chi connectivity index (χ1v) is 17.5. The van der Waals surface area contributed by atoms with Crippen LogP contribution in [0.1, 0.15) is 48.8 Å². The van der Waals surface area contributed by atoms with Crippen molar-refractivity contribution in [2.75, 3.05) is 20.2 Å². The SMILES string of the molecule is COc1cccc(F)c1COC(c1ccc([C@]2(S(=O)(=O)c3ccc(F)cc3)CCN(C(=O)C3CCC(C(=O)O)CC3)C2)cc1)(C(F)(F)F)C(F)(F)F. The number of hydrogen-bond donors (Lipinski definition) is 1. The van der Waals surface area contributed by atoms with Crippen molar-refractivity contribution < 1.29 is 67.7 Å². The van der Waals surface area contributed by atoms with E-state index < -0.39 is 97.1 Å². The number of carboxylic acid groups (broad SMARTS) is 1. The molecule has 3 aromatic carbocycles. The minimum absolute atomic E-state index is 0.164. The predicted molar refractivity (Wildman–Crippen MR) is 168 cm³/mol. The molecule has 0 bridgehead atoms. The Hall–Kier alpha value is -4.25. The molecule has 0 spiro atoms. The van der Waals surface area contributed by atoms with E-state index in [1.807, 2.05) is 0 Å². The van der Waals surface area contributed by atoms with E-state index in [1.54, 1.807) is 0 Å². The predicted octanol–water partition coefficient (Wildman–Crippen LogP) is 7.30. The molecule has 1 aliphatic carbocycles. The second-order valence-electron chi connectivity index (χ2n) is 12.8. The lowest BCUT2D eigenvalue weighted by Crippen LogP contribution is -2.56. The number of sulfone groups is 1. The molecular weight excluding hydrogens is 730 g/mol. The Kier molecular flexibility index (Phi) is 10.7. The number of carbonyl (C=O) groups excluding carboxylic acids is 1. The molecule has 5 rings (SSSR count). The summed E-state index contributed by atoms with van der Waals surface area (Å²) in [6.07, 6.45) is -11.8. The van der Waals surface area contributed by atoms with E-state index in [0.717, 1.165) is 61.7 Å². The average molecular weight is 764 g/mol. The number of halogens is 8. The van der Waals surface area contributed by atoms with Gasteiger partial charge in [-0.15, -0.1) is 0 Å². The van der Waals surface area contributed by atoms with Crippen LogP contribution in [-0.2, 0) is 41.1 Å². The highest BCUT2D eigenvalue weighted by Crippen LogP contribution is 2.54. The monoisotopic (exact) mass is 763 g/mol. The molecule has 1 amide bonds. The van der Waals surface area contributed by atoms with Gasteiger partial charge in [0.1, 0.15) is 22.1 Å². The van der Waals surface area contributed by atoms with E-state index in [9.17, 15) is 58.2 Å². The number of alkyl halides is 6. The number of benzene rings is 3. The Morgan fingerprint density at radius 3 is 1.98 bits per heavy atom. The van der Waals surface area contributed by atoms with Gasteiger partial charge < -0.3 is 19.5 Å². The second kappa shape index (κ2) is 14.3. The van der Waals surface area contributed by atoms with Crippen molar-refractivity contribution in [3.63, 3.8) is 0 Å². The summed E-state index contributed by atoms with van der Waals surface area (Å²) in [5.41, 5.74) is -7.46. The molecule has 3 aromatic rings. The summed E-state index contributed by atoms with van der Waals surface area (Å²) < 4.78 is 152. The van der Waals surface area contributed by atoms with Crippen molar-refractivity contribution in [1.29, 1.82) is 0 Å². The molecule has 0 unspecified atom stereocenters. The van der Waals surface area contributed by atoms with Crippen molar-refractivity contribution in [2.45, 2.75) is 66.3 Å². The molecule has 0 aromatic heterocycles. The minimum Gasteiger partial charge on any atom is -0.496 e. The first kappa shape index (κ1) is 39.0. The van der Waals surface area contributed by atoms with E-state index in [1.165, 1.54) is 4.90 Å². The molecule has 8 nitrogen and oxygen atoms in total. The van der Waals surface area contributed by atoms with Gasteiger partial charge in [-0.25, -0.2) is 17.2 Å². The normalized spacial score (nSPS) is 21.6. The molecule has 2 fully saturated rings. The van der Waals surface area contributed by atoms with Gasteiger partial charge in [0.25, 0.3) is 5.60 Å². The van der Waals surface area contributed by atoms with Crippen LogP contribution in [0.3, 0.4) is 0 Å². The number of methoxy groups -OCH3 is 1. The fourth-order valence-corrected chi connectivity index (χ4v) is 9.14. The fraction of sp³-hybridized carbons (Fsp3) is 0.429. The molecule has 1 saturated carbocycles. The van der Waals surface area contributed by atoms with Crippen LogP contribution in [-0.4, -0.2) is 62.9 Å². The van der Waals surface area contributed by atoms with Gasteiger partial charge >= 0.3 is 18.3 Å². The number of amides is 1. The van der Waals surface area contributed by atoms with E-state index in [2.05, 4.69) is 4.74 Å². The lowest BCUT2D eigenvalue weighted by atomic mass is 9.81. The van der Waals surface area contributed by atoms with Crippen LogP contribution in [0.4, 0.5) is 35.1 Å². The minimum atomic E-state index is -6.17. The number of likely N-dealkylation sites (tertiary alicyclic amines) is 1. The van der Waals surface area contributed by atoms with Gasteiger partial charge in [-0.3, -0.25) is 9.59 Å². The topological polar surface area (TPSA) is 110 Å². The third-order valence-corrected chi connectivity index (χ3v) is 12.4. The fourth-order valence-electron chi connectivity index (χ4n) is 7.06. The van der Waals surface area contributed by atoms with Gasteiger partial charge in [0.05, 0.1) is 30.1 Å².